The predicted octanol–water partition coefficient (Wildman–Crippen LogP) is 3.39. The average Bonchev–Trinajstić information content (AvgIpc) is 2.12. The maximum atomic E-state index is 12.2. The Labute approximate surface area is 116 Å². The van der Waals surface area contributed by atoms with Gasteiger partial charge in [0, 0.05) is 10.7 Å². The van der Waals surface area contributed by atoms with Crippen molar-refractivity contribution in [3.05, 3.63) is 0 Å². The zero-order valence-electron chi connectivity index (χ0n) is 8.92. The Hall–Kier alpha value is 0.01000. The lowest BCUT2D eigenvalue weighted by molar-refractivity contribution is -0.274. The molecule has 0 saturated carbocycles. The molecule has 0 bridgehead atoms. The molecule has 0 aromatic heterocycles. The fraction of sp³-hybridized carbons (Fsp3) is 0.875. The van der Waals surface area contributed by atoms with Crippen molar-refractivity contribution in [1.82, 2.24) is 5.32 Å². The molecule has 0 atom stereocenters. The van der Waals surface area contributed by atoms with Crippen molar-refractivity contribution in [2.75, 3.05) is 10.7 Å². The van der Waals surface area contributed by atoms with E-state index in [-0.39, 0.29) is 10.7 Å². The lowest BCUT2D eigenvalue weighted by Gasteiger charge is -2.30. The third-order valence-electron chi connectivity index (χ3n) is 1.93. The Morgan fingerprint density at radius 2 is 1.39 bits per heavy atom. The summed E-state index contributed by atoms with van der Waals surface area (Å²) in [4.78, 5) is 11.2. The Kier molecular flexibility index (Phi) is 5.98. The summed E-state index contributed by atoms with van der Waals surface area (Å²) in [5.41, 5.74) is -1.24. The van der Waals surface area contributed by atoms with Gasteiger partial charge in [-0.3, -0.25) is 4.79 Å². The van der Waals surface area contributed by atoms with Crippen molar-refractivity contribution >= 4 is 37.8 Å². The molecule has 0 radical (unpaired) electrons. The molecule has 0 aliphatic rings. The molecule has 0 rings (SSSR count). The van der Waals surface area contributed by atoms with E-state index in [1.807, 2.05) is 0 Å². The van der Waals surface area contributed by atoms with Crippen LogP contribution in [0.1, 0.15) is 6.92 Å². The van der Waals surface area contributed by atoms with Crippen LogP contribution >= 0.6 is 31.9 Å². The van der Waals surface area contributed by atoms with Gasteiger partial charge in [0.25, 0.3) is 0 Å². The topological polar surface area (TPSA) is 29.1 Å². The maximum absolute atomic E-state index is 12.2. The van der Waals surface area contributed by atoms with Crippen LogP contribution in [0.3, 0.4) is 0 Å². The number of rotatable bonds is 4. The molecule has 10 heteroatoms. The molecule has 0 unspecified atom stereocenters. The van der Waals surface area contributed by atoms with Crippen LogP contribution in [-0.4, -0.2) is 34.5 Å². The van der Waals surface area contributed by atoms with Gasteiger partial charge in [0.1, 0.15) is 0 Å². The Morgan fingerprint density at radius 1 is 1.06 bits per heavy atom. The second kappa shape index (κ2) is 5.98. The number of hydrogen-bond acceptors (Lipinski definition) is 1. The quantitative estimate of drug-likeness (QED) is 0.560. The number of amides is 1. The van der Waals surface area contributed by atoms with Crippen LogP contribution in [0.5, 0.6) is 0 Å². The Bertz CT molecular complexity index is 285. The second-order valence-corrected chi connectivity index (χ2v) is 4.95. The summed E-state index contributed by atoms with van der Waals surface area (Å²) in [5, 5.41) is 1.73. The van der Waals surface area contributed by atoms with Crippen LogP contribution in [0.25, 0.3) is 0 Å². The SMILES string of the molecule is CC(CBr)(CBr)NC(=O)C(C(F)(F)F)C(F)(F)F. The van der Waals surface area contributed by atoms with Gasteiger partial charge >= 0.3 is 12.4 Å². The zero-order chi connectivity index (χ0) is 14.8. The van der Waals surface area contributed by atoms with E-state index < -0.39 is 29.7 Å². The van der Waals surface area contributed by atoms with Gasteiger partial charge in [-0.2, -0.15) is 26.3 Å². The molecule has 0 spiro atoms. The molecule has 108 valence electrons. The lowest BCUT2D eigenvalue weighted by atomic mass is 10.0. The highest BCUT2D eigenvalue weighted by Crippen LogP contribution is 2.39. The van der Waals surface area contributed by atoms with Gasteiger partial charge in [0.15, 0.2) is 0 Å². The number of hydrogen-bond donors (Lipinski definition) is 1. The van der Waals surface area contributed by atoms with E-state index in [9.17, 15) is 31.1 Å². The van der Waals surface area contributed by atoms with Gasteiger partial charge in [-0.1, -0.05) is 31.9 Å². The van der Waals surface area contributed by atoms with Crippen LogP contribution in [0.4, 0.5) is 26.3 Å². The number of alkyl halides is 8. The largest absolute Gasteiger partial charge is 0.409 e. The molecular formula is C8H9Br2F6NO. The lowest BCUT2D eigenvalue weighted by Crippen LogP contribution is -2.56. The van der Waals surface area contributed by atoms with Crippen molar-refractivity contribution in [2.24, 2.45) is 5.92 Å². The van der Waals surface area contributed by atoms with E-state index in [2.05, 4.69) is 31.9 Å². The molecule has 0 saturated heterocycles. The highest BCUT2D eigenvalue weighted by molar-refractivity contribution is 9.09. The third kappa shape index (κ3) is 4.94. The van der Waals surface area contributed by atoms with Gasteiger partial charge in [-0.05, 0) is 6.92 Å². The number of halogens is 8. The molecule has 0 fully saturated rings. The van der Waals surface area contributed by atoms with Crippen LogP contribution in [-0.2, 0) is 4.79 Å². The molecule has 0 aliphatic heterocycles. The average molecular weight is 409 g/mol. The van der Waals surface area contributed by atoms with Gasteiger partial charge in [-0.25, -0.2) is 0 Å². The highest BCUT2D eigenvalue weighted by Gasteiger charge is 2.61. The zero-order valence-corrected chi connectivity index (χ0v) is 12.1. The van der Waals surface area contributed by atoms with Crippen LogP contribution < -0.4 is 5.32 Å². The molecular weight excluding hydrogens is 400 g/mol. The summed E-state index contributed by atoms with van der Waals surface area (Å²) < 4.78 is 73.5. The first-order chi connectivity index (χ1) is 7.87. The van der Waals surface area contributed by atoms with Gasteiger partial charge in [0.2, 0.25) is 11.8 Å². The standard InChI is InChI=1S/C8H9Br2F6NO/c1-6(2-9,3-10)17-5(18)4(7(11,12)13)8(14,15)16/h4H,2-3H2,1H3,(H,17,18). The summed E-state index contributed by atoms with van der Waals surface area (Å²) in [6, 6.07) is 0. The van der Waals surface area contributed by atoms with E-state index in [0.29, 0.717) is 0 Å². The number of carbonyl (C=O) groups excluding carboxylic acids is 1. The monoisotopic (exact) mass is 407 g/mol. The van der Waals surface area contributed by atoms with Gasteiger partial charge in [0.05, 0.1) is 5.54 Å². The van der Waals surface area contributed by atoms with Crippen molar-refractivity contribution in [1.29, 1.82) is 0 Å². The fourth-order valence-electron chi connectivity index (χ4n) is 0.955. The van der Waals surface area contributed by atoms with E-state index in [1.165, 1.54) is 6.92 Å². The van der Waals surface area contributed by atoms with E-state index in [1.54, 1.807) is 5.32 Å². The first kappa shape index (κ1) is 18.0. The van der Waals surface area contributed by atoms with Crippen molar-refractivity contribution in [2.45, 2.75) is 24.8 Å². The normalized spacial score (nSPS) is 13.9. The minimum absolute atomic E-state index is 0.000571. The van der Waals surface area contributed by atoms with E-state index >= 15 is 0 Å². The molecule has 0 aromatic carbocycles. The second-order valence-electron chi connectivity index (χ2n) is 3.83. The van der Waals surface area contributed by atoms with Gasteiger partial charge in [-0.15, -0.1) is 0 Å². The molecule has 1 amide bonds. The third-order valence-corrected chi connectivity index (χ3v) is 4.41. The maximum Gasteiger partial charge on any atom is 0.409 e. The molecule has 0 aliphatic carbocycles. The first-order valence-corrected chi connectivity index (χ1v) is 6.69. The molecule has 18 heavy (non-hydrogen) atoms. The smallest absolute Gasteiger partial charge is 0.348 e. The van der Waals surface area contributed by atoms with Crippen LogP contribution in [0.15, 0.2) is 0 Å². The van der Waals surface area contributed by atoms with Crippen molar-refractivity contribution in [3.8, 4) is 0 Å². The van der Waals surface area contributed by atoms with Crippen LogP contribution in [0, 0.1) is 5.92 Å². The minimum atomic E-state index is -5.68. The molecule has 1 N–H and O–H groups in total. The van der Waals surface area contributed by atoms with E-state index in [4.69, 9.17) is 0 Å². The molecule has 0 aromatic rings. The van der Waals surface area contributed by atoms with E-state index in [0.717, 1.165) is 0 Å². The Morgan fingerprint density at radius 3 is 1.61 bits per heavy atom. The fourth-order valence-corrected chi connectivity index (χ4v) is 2.16. The summed E-state index contributed by atoms with van der Waals surface area (Å²) in [5.74, 6) is -6.14. The summed E-state index contributed by atoms with van der Waals surface area (Å²) in [6.07, 6.45) is -11.4. The Balaban J connectivity index is 5.14. The molecule has 2 nitrogen and oxygen atoms in total. The predicted molar refractivity (Wildman–Crippen MR) is 59.7 cm³/mol. The van der Waals surface area contributed by atoms with Crippen molar-refractivity contribution in [3.63, 3.8) is 0 Å². The first-order valence-electron chi connectivity index (χ1n) is 4.45. The summed E-state index contributed by atoms with van der Waals surface area (Å²) >= 11 is 5.81. The minimum Gasteiger partial charge on any atom is -0.348 e. The van der Waals surface area contributed by atoms with Crippen molar-refractivity contribution < 1.29 is 31.1 Å². The molecule has 0 heterocycles. The summed E-state index contributed by atoms with van der Waals surface area (Å²) in [7, 11) is 0. The van der Waals surface area contributed by atoms with Gasteiger partial charge < -0.3 is 5.32 Å². The number of nitrogens with one attached hydrogen (secondary N) is 1. The van der Waals surface area contributed by atoms with Crippen LogP contribution in [0.2, 0.25) is 0 Å². The summed E-state index contributed by atoms with van der Waals surface area (Å²) in [6.45, 7) is 1.30. The highest BCUT2D eigenvalue weighted by atomic mass is 79.9. The number of carbonyl (C=O) groups is 1.